The fraction of sp³-hybridized carbons (Fsp3) is 0.143. The Hall–Kier alpha value is -0.910. The van der Waals surface area contributed by atoms with Crippen LogP contribution in [0, 0.1) is 0 Å². The molecule has 2 aromatic heterocycles. The first-order chi connectivity index (χ1) is 5.90. The molecule has 0 saturated heterocycles. The van der Waals surface area contributed by atoms with Gasteiger partial charge in [-0.2, -0.15) is 16.3 Å². The van der Waals surface area contributed by atoms with Crippen LogP contribution in [0.2, 0.25) is 0 Å². The summed E-state index contributed by atoms with van der Waals surface area (Å²) in [7, 11) is 0. The molecule has 0 amide bonds. The fourth-order valence-corrected chi connectivity index (χ4v) is 1.47. The van der Waals surface area contributed by atoms with Crippen molar-refractivity contribution in [3.63, 3.8) is 0 Å². The van der Waals surface area contributed by atoms with Gasteiger partial charge in [-0.05, 0) is 11.4 Å². The minimum atomic E-state index is 0. The van der Waals surface area contributed by atoms with Crippen LogP contribution in [-0.4, -0.2) is 10.1 Å². The minimum absolute atomic E-state index is 0. The second-order valence-electron chi connectivity index (χ2n) is 2.23. The molecule has 2 rings (SSSR count). The highest BCUT2D eigenvalue weighted by molar-refractivity contribution is 7.08. The molecule has 4 nitrogen and oxygen atoms in total. The number of hydrogen-bond donors (Lipinski definition) is 1. The fourth-order valence-electron chi connectivity index (χ4n) is 0.840. The maximum Gasteiger partial charge on any atom is 0.258 e. The van der Waals surface area contributed by atoms with Gasteiger partial charge in [-0.25, -0.2) is 0 Å². The van der Waals surface area contributed by atoms with Crippen LogP contribution in [0.5, 0.6) is 0 Å². The monoisotopic (exact) mass is 217 g/mol. The van der Waals surface area contributed by atoms with E-state index in [0.29, 0.717) is 18.3 Å². The Kier molecular flexibility index (Phi) is 3.41. The van der Waals surface area contributed by atoms with Gasteiger partial charge < -0.3 is 10.3 Å². The molecule has 0 saturated carbocycles. The SMILES string of the molecule is Cl.NCc1noc(-c2ccsc2)n1. The Morgan fingerprint density at radius 1 is 1.54 bits per heavy atom. The standard InChI is InChI=1S/C7H7N3OS.ClH/c8-3-6-9-7(11-10-6)5-1-2-12-4-5;/h1-2,4H,3,8H2;1H. The molecule has 0 aliphatic rings. The van der Waals surface area contributed by atoms with Gasteiger partial charge in [0.25, 0.3) is 5.89 Å². The zero-order valence-corrected chi connectivity index (χ0v) is 8.27. The van der Waals surface area contributed by atoms with Crippen molar-refractivity contribution in [2.45, 2.75) is 6.54 Å². The molecular formula is C7H8ClN3OS. The lowest BCUT2D eigenvalue weighted by Gasteiger charge is -1.82. The summed E-state index contributed by atoms with van der Waals surface area (Å²) in [5.41, 5.74) is 6.29. The van der Waals surface area contributed by atoms with Gasteiger partial charge in [0.2, 0.25) is 0 Å². The summed E-state index contributed by atoms with van der Waals surface area (Å²) in [5.74, 6) is 1.08. The number of halogens is 1. The van der Waals surface area contributed by atoms with E-state index >= 15 is 0 Å². The highest BCUT2D eigenvalue weighted by Crippen LogP contribution is 2.19. The third-order valence-corrected chi connectivity index (χ3v) is 2.10. The van der Waals surface area contributed by atoms with Gasteiger partial charge in [-0.1, -0.05) is 5.16 Å². The van der Waals surface area contributed by atoms with Gasteiger partial charge in [0.1, 0.15) is 0 Å². The summed E-state index contributed by atoms with van der Waals surface area (Å²) < 4.78 is 4.97. The second kappa shape index (κ2) is 4.36. The molecule has 0 unspecified atom stereocenters. The lowest BCUT2D eigenvalue weighted by Crippen LogP contribution is -1.97. The van der Waals surface area contributed by atoms with Crippen LogP contribution in [0.4, 0.5) is 0 Å². The van der Waals surface area contributed by atoms with Crippen molar-refractivity contribution in [1.29, 1.82) is 0 Å². The van der Waals surface area contributed by atoms with Crippen molar-refractivity contribution in [3.05, 3.63) is 22.7 Å². The van der Waals surface area contributed by atoms with E-state index in [2.05, 4.69) is 10.1 Å². The normalized spacial score (nSPS) is 9.62. The molecule has 2 heterocycles. The average molecular weight is 218 g/mol. The maximum absolute atomic E-state index is 5.33. The Labute approximate surface area is 85.2 Å². The highest BCUT2D eigenvalue weighted by atomic mass is 35.5. The molecule has 0 aliphatic heterocycles. The molecule has 13 heavy (non-hydrogen) atoms. The predicted molar refractivity (Wildman–Crippen MR) is 52.8 cm³/mol. The van der Waals surface area contributed by atoms with Gasteiger partial charge in [-0.15, -0.1) is 12.4 Å². The van der Waals surface area contributed by atoms with E-state index < -0.39 is 0 Å². The van der Waals surface area contributed by atoms with Gasteiger partial charge in [0.05, 0.1) is 12.1 Å². The summed E-state index contributed by atoms with van der Waals surface area (Å²) in [6.45, 7) is 0.313. The van der Waals surface area contributed by atoms with Gasteiger partial charge in [0, 0.05) is 5.38 Å². The quantitative estimate of drug-likeness (QED) is 0.831. The summed E-state index contributed by atoms with van der Waals surface area (Å²) in [6.07, 6.45) is 0. The molecule has 70 valence electrons. The first-order valence-electron chi connectivity index (χ1n) is 3.45. The summed E-state index contributed by atoms with van der Waals surface area (Å²) in [6, 6.07) is 1.93. The number of hydrogen-bond acceptors (Lipinski definition) is 5. The Morgan fingerprint density at radius 3 is 2.92 bits per heavy atom. The van der Waals surface area contributed by atoms with Crippen molar-refractivity contribution in [2.24, 2.45) is 5.73 Å². The van der Waals surface area contributed by atoms with Crippen LogP contribution in [0.1, 0.15) is 5.82 Å². The molecular weight excluding hydrogens is 210 g/mol. The molecule has 0 aromatic carbocycles. The second-order valence-corrected chi connectivity index (χ2v) is 3.01. The van der Waals surface area contributed by atoms with E-state index in [1.54, 1.807) is 11.3 Å². The predicted octanol–water partition coefficient (Wildman–Crippen LogP) is 1.68. The molecule has 0 bridgehead atoms. The van der Waals surface area contributed by atoms with Crippen LogP contribution in [0.25, 0.3) is 11.5 Å². The van der Waals surface area contributed by atoms with E-state index in [9.17, 15) is 0 Å². The van der Waals surface area contributed by atoms with Crippen LogP contribution >= 0.6 is 23.7 Å². The van der Waals surface area contributed by atoms with E-state index in [0.717, 1.165) is 5.56 Å². The smallest absolute Gasteiger partial charge is 0.258 e. The van der Waals surface area contributed by atoms with E-state index in [4.69, 9.17) is 10.3 Å². The van der Waals surface area contributed by atoms with E-state index in [1.165, 1.54) is 0 Å². The van der Waals surface area contributed by atoms with Crippen molar-refractivity contribution in [1.82, 2.24) is 10.1 Å². The van der Waals surface area contributed by atoms with Crippen LogP contribution in [0.15, 0.2) is 21.3 Å². The van der Waals surface area contributed by atoms with Gasteiger partial charge in [-0.3, -0.25) is 0 Å². The Bertz CT molecular complexity index is 359. The summed E-state index contributed by atoms with van der Waals surface area (Å²) >= 11 is 1.59. The number of aromatic nitrogens is 2. The summed E-state index contributed by atoms with van der Waals surface area (Å²) in [4.78, 5) is 4.08. The zero-order chi connectivity index (χ0) is 8.39. The number of nitrogens with zero attached hydrogens (tertiary/aromatic N) is 2. The van der Waals surface area contributed by atoms with Gasteiger partial charge in [0.15, 0.2) is 5.82 Å². The largest absolute Gasteiger partial charge is 0.334 e. The number of rotatable bonds is 2. The van der Waals surface area contributed by atoms with Crippen LogP contribution in [-0.2, 0) is 6.54 Å². The zero-order valence-electron chi connectivity index (χ0n) is 6.64. The van der Waals surface area contributed by atoms with Gasteiger partial charge >= 0.3 is 0 Å². The molecule has 0 spiro atoms. The molecule has 0 aliphatic carbocycles. The average Bonchev–Trinajstić information content (AvgIpc) is 2.75. The van der Waals surface area contributed by atoms with Crippen molar-refractivity contribution >= 4 is 23.7 Å². The molecule has 2 aromatic rings. The number of thiophene rings is 1. The van der Waals surface area contributed by atoms with Crippen molar-refractivity contribution in [2.75, 3.05) is 0 Å². The van der Waals surface area contributed by atoms with Crippen LogP contribution < -0.4 is 5.73 Å². The topological polar surface area (TPSA) is 64.9 Å². The van der Waals surface area contributed by atoms with Crippen molar-refractivity contribution < 1.29 is 4.52 Å². The summed E-state index contributed by atoms with van der Waals surface area (Å²) in [5, 5.41) is 7.60. The molecule has 2 N–H and O–H groups in total. The molecule has 0 fully saturated rings. The maximum atomic E-state index is 5.33. The molecule has 6 heteroatoms. The first-order valence-corrected chi connectivity index (χ1v) is 4.39. The van der Waals surface area contributed by atoms with Crippen molar-refractivity contribution in [3.8, 4) is 11.5 Å². The lowest BCUT2D eigenvalue weighted by molar-refractivity contribution is 0.423. The van der Waals surface area contributed by atoms with Crippen LogP contribution in [0.3, 0.4) is 0 Å². The Morgan fingerprint density at radius 2 is 2.38 bits per heavy atom. The minimum Gasteiger partial charge on any atom is -0.334 e. The van der Waals surface area contributed by atoms with E-state index in [1.807, 2.05) is 16.8 Å². The third-order valence-electron chi connectivity index (χ3n) is 1.42. The van der Waals surface area contributed by atoms with E-state index in [-0.39, 0.29) is 12.4 Å². The Balaban J connectivity index is 0.000000845. The molecule has 0 atom stereocenters. The molecule has 0 radical (unpaired) electrons. The first kappa shape index (κ1) is 10.2. The highest BCUT2D eigenvalue weighted by Gasteiger charge is 2.06. The third kappa shape index (κ3) is 2.06. The number of nitrogens with two attached hydrogens (primary N) is 1. The lowest BCUT2D eigenvalue weighted by atomic mass is 10.3.